The van der Waals surface area contributed by atoms with Crippen molar-refractivity contribution < 1.29 is 14.3 Å². The standard InChI is InChI=1S/C27H25ClN2O3S/c1-27(2)12-21-25(22(31)13-27)24(17-6-10-19(33-3)11-7-17)20(14-29)26(30-21)34-15-23(32)16-4-8-18(28)9-5-16/h4-11,24,30H,12-13,15H2,1-3H3. The van der Waals surface area contributed by atoms with E-state index in [0.29, 0.717) is 45.4 Å². The molecule has 1 heterocycles. The van der Waals surface area contributed by atoms with E-state index in [1.54, 1.807) is 31.4 Å². The number of halogens is 1. The topological polar surface area (TPSA) is 79.2 Å². The number of carbonyl (C=O) groups excluding carboxylic acids is 2. The third kappa shape index (κ3) is 4.91. The van der Waals surface area contributed by atoms with Crippen LogP contribution < -0.4 is 10.1 Å². The Hall–Kier alpha value is -3.01. The number of allylic oxidation sites excluding steroid dienone is 3. The lowest BCUT2D eigenvalue weighted by atomic mass is 9.69. The Morgan fingerprint density at radius 1 is 1.18 bits per heavy atom. The Bertz CT molecular complexity index is 1240. The maximum absolute atomic E-state index is 13.3. The lowest BCUT2D eigenvalue weighted by Crippen LogP contribution is -2.37. The van der Waals surface area contributed by atoms with Gasteiger partial charge in [0, 0.05) is 28.3 Å². The Labute approximate surface area is 208 Å². The minimum atomic E-state index is -0.483. The highest BCUT2D eigenvalue weighted by atomic mass is 35.5. The lowest BCUT2D eigenvalue weighted by molar-refractivity contribution is -0.118. The number of dihydropyridines is 1. The smallest absolute Gasteiger partial charge is 0.173 e. The number of methoxy groups -OCH3 is 1. The molecule has 1 N–H and O–H groups in total. The fourth-order valence-corrected chi connectivity index (χ4v) is 5.56. The van der Waals surface area contributed by atoms with Crippen LogP contribution >= 0.6 is 23.4 Å². The molecule has 2 aliphatic rings. The predicted octanol–water partition coefficient (Wildman–Crippen LogP) is 6.03. The molecule has 34 heavy (non-hydrogen) atoms. The highest BCUT2D eigenvalue weighted by molar-refractivity contribution is 8.03. The van der Waals surface area contributed by atoms with E-state index in [2.05, 4.69) is 25.2 Å². The van der Waals surface area contributed by atoms with E-state index < -0.39 is 5.92 Å². The van der Waals surface area contributed by atoms with E-state index in [-0.39, 0.29) is 22.7 Å². The van der Waals surface area contributed by atoms with Gasteiger partial charge in [0.2, 0.25) is 0 Å². The summed E-state index contributed by atoms with van der Waals surface area (Å²) in [5.74, 6) is 0.366. The van der Waals surface area contributed by atoms with Gasteiger partial charge in [0.1, 0.15) is 5.75 Å². The number of benzene rings is 2. The molecule has 0 radical (unpaired) electrons. The molecule has 0 spiro atoms. The van der Waals surface area contributed by atoms with E-state index >= 15 is 0 Å². The van der Waals surface area contributed by atoms with E-state index in [0.717, 1.165) is 11.3 Å². The maximum atomic E-state index is 13.3. The van der Waals surface area contributed by atoms with Crippen LogP contribution in [-0.2, 0) is 4.79 Å². The van der Waals surface area contributed by atoms with Gasteiger partial charge in [-0.05, 0) is 53.8 Å². The van der Waals surface area contributed by atoms with Gasteiger partial charge in [0.15, 0.2) is 11.6 Å². The van der Waals surface area contributed by atoms with Crippen molar-refractivity contribution in [3.63, 3.8) is 0 Å². The SMILES string of the molecule is COc1ccc(C2C(C#N)=C(SCC(=O)c3ccc(Cl)cc3)NC3=C2C(=O)CC(C)(C)C3)cc1. The van der Waals surface area contributed by atoms with Gasteiger partial charge in [0.25, 0.3) is 0 Å². The number of nitrogens with zero attached hydrogens (tertiary/aromatic N) is 1. The van der Waals surface area contributed by atoms with Crippen LogP contribution in [0.2, 0.25) is 5.02 Å². The van der Waals surface area contributed by atoms with E-state index in [1.165, 1.54) is 11.8 Å². The summed E-state index contributed by atoms with van der Waals surface area (Å²) in [6.07, 6.45) is 1.12. The first-order valence-electron chi connectivity index (χ1n) is 11.0. The molecular formula is C27H25ClN2O3S. The van der Waals surface area contributed by atoms with Crippen molar-refractivity contribution in [1.29, 1.82) is 5.26 Å². The number of ether oxygens (including phenoxy) is 1. The van der Waals surface area contributed by atoms with Crippen LogP contribution in [0, 0.1) is 16.7 Å². The molecule has 4 rings (SSSR count). The summed E-state index contributed by atoms with van der Waals surface area (Å²) < 4.78 is 5.28. The van der Waals surface area contributed by atoms with Crippen LogP contribution in [0.5, 0.6) is 5.75 Å². The quantitative estimate of drug-likeness (QED) is 0.496. The number of carbonyl (C=O) groups is 2. The summed E-state index contributed by atoms with van der Waals surface area (Å²) in [5, 5.41) is 14.7. The van der Waals surface area contributed by atoms with Crippen LogP contribution in [0.15, 0.2) is 70.4 Å². The Kier molecular flexibility index (Phi) is 6.88. The predicted molar refractivity (Wildman–Crippen MR) is 135 cm³/mol. The summed E-state index contributed by atoms with van der Waals surface area (Å²) >= 11 is 7.23. The van der Waals surface area contributed by atoms with E-state index in [1.807, 2.05) is 24.3 Å². The van der Waals surface area contributed by atoms with Crippen molar-refractivity contribution in [3.8, 4) is 11.8 Å². The number of hydrogen-bond donors (Lipinski definition) is 1. The number of thioether (sulfide) groups is 1. The number of nitrogens with one attached hydrogen (secondary N) is 1. The van der Waals surface area contributed by atoms with Gasteiger partial charge in [-0.1, -0.05) is 49.3 Å². The van der Waals surface area contributed by atoms with Crippen molar-refractivity contribution >= 4 is 34.9 Å². The summed E-state index contributed by atoms with van der Waals surface area (Å²) in [6, 6.07) is 16.5. The molecule has 0 saturated heterocycles. The summed E-state index contributed by atoms with van der Waals surface area (Å²) in [4.78, 5) is 26.0. The highest BCUT2D eigenvalue weighted by Crippen LogP contribution is 2.48. The molecule has 2 aromatic carbocycles. The molecule has 2 aromatic rings. The van der Waals surface area contributed by atoms with Crippen molar-refractivity contribution in [2.45, 2.75) is 32.6 Å². The largest absolute Gasteiger partial charge is 0.497 e. The monoisotopic (exact) mass is 492 g/mol. The molecule has 0 fully saturated rings. The van der Waals surface area contributed by atoms with Gasteiger partial charge in [-0.15, -0.1) is 0 Å². The first-order chi connectivity index (χ1) is 16.2. The molecule has 1 unspecified atom stereocenters. The average Bonchev–Trinajstić information content (AvgIpc) is 2.81. The summed E-state index contributed by atoms with van der Waals surface area (Å²) in [6.45, 7) is 4.14. The maximum Gasteiger partial charge on any atom is 0.173 e. The first kappa shape index (κ1) is 24.1. The molecule has 0 bridgehead atoms. The molecule has 0 amide bonds. The van der Waals surface area contributed by atoms with Gasteiger partial charge in [-0.2, -0.15) is 5.26 Å². The third-order valence-corrected chi connectivity index (χ3v) is 7.36. The second-order valence-corrected chi connectivity index (χ2v) is 10.7. The molecular weight excluding hydrogens is 468 g/mol. The minimum absolute atomic E-state index is 0.0496. The Morgan fingerprint density at radius 3 is 2.47 bits per heavy atom. The molecule has 5 nitrogen and oxygen atoms in total. The molecule has 1 atom stereocenters. The highest BCUT2D eigenvalue weighted by Gasteiger charge is 2.42. The number of rotatable bonds is 6. The van der Waals surface area contributed by atoms with Gasteiger partial charge >= 0.3 is 0 Å². The Morgan fingerprint density at radius 2 is 1.85 bits per heavy atom. The van der Waals surface area contributed by atoms with E-state index in [4.69, 9.17) is 16.3 Å². The van der Waals surface area contributed by atoms with Crippen molar-refractivity contribution in [2.75, 3.05) is 12.9 Å². The van der Waals surface area contributed by atoms with Crippen molar-refractivity contribution in [1.82, 2.24) is 5.32 Å². The molecule has 7 heteroatoms. The number of ketones is 2. The van der Waals surface area contributed by atoms with Crippen LogP contribution in [0.1, 0.15) is 48.5 Å². The van der Waals surface area contributed by atoms with Crippen LogP contribution in [-0.4, -0.2) is 24.4 Å². The molecule has 0 aromatic heterocycles. The van der Waals surface area contributed by atoms with Gasteiger partial charge < -0.3 is 10.1 Å². The summed E-state index contributed by atoms with van der Waals surface area (Å²) in [5.41, 5.74) is 3.16. The third-order valence-electron chi connectivity index (χ3n) is 6.09. The number of hydrogen-bond acceptors (Lipinski definition) is 6. The average molecular weight is 493 g/mol. The zero-order chi connectivity index (χ0) is 24.5. The fraction of sp³-hybridized carbons (Fsp3) is 0.296. The summed E-state index contributed by atoms with van der Waals surface area (Å²) in [7, 11) is 1.60. The van der Waals surface area contributed by atoms with Gasteiger partial charge in [-0.3, -0.25) is 9.59 Å². The van der Waals surface area contributed by atoms with Gasteiger partial charge in [0.05, 0.1) is 35.5 Å². The first-order valence-corrected chi connectivity index (χ1v) is 12.3. The van der Waals surface area contributed by atoms with Crippen LogP contribution in [0.3, 0.4) is 0 Å². The van der Waals surface area contributed by atoms with E-state index in [9.17, 15) is 14.9 Å². The number of Topliss-reactive ketones (excluding diaryl/α,β-unsaturated/α-hetero) is 2. The zero-order valence-electron chi connectivity index (χ0n) is 19.3. The van der Waals surface area contributed by atoms with Crippen LogP contribution in [0.4, 0.5) is 0 Å². The minimum Gasteiger partial charge on any atom is -0.497 e. The number of nitriles is 1. The molecule has 0 saturated carbocycles. The van der Waals surface area contributed by atoms with Gasteiger partial charge in [-0.25, -0.2) is 0 Å². The molecule has 174 valence electrons. The molecule has 1 aliphatic heterocycles. The van der Waals surface area contributed by atoms with Crippen molar-refractivity contribution in [2.24, 2.45) is 5.41 Å². The second-order valence-electron chi connectivity index (χ2n) is 9.24. The van der Waals surface area contributed by atoms with Crippen molar-refractivity contribution in [3.05, 3.63) is 86.6 Å². The molecule has 1 aliphatic carbocycles. The second kappa shape index (κ2) is 9.69. The zero-order valence-corrected chi connectivity index (χ0v) is 20.8. The van der Waals surface area contributed by atoms with Crippen LogP contribution in [0.25, 0.3) is 0 Å². The normalized spacial score (nSPS) is 19.3. The lowest BCUT2D eigenvalue weighted by Gasteiger charge is -2.39. The fourth-order valence-electron chi connectivity index (χ4n) is 4.48. The Balaban J connectivity index is 1.71.